The van der Waals surface area contributed by atoms with Crippen LogP contribution in [0, 0.1) is 5.92 Å². The molecule has 3 atom stereocenters. The number of hydrogen-bond donors (Lipinski definition) is 1. The van der Waals surface area contributed by atoms with Gasteiger partial charge in [-0.1, -0.05) is 25.1 Å². The Morgan fingerprint density at radius 3 is 2.43 bits per heavy atom. The maximum absolute atomic E-state index is 13.0. The summed E-state index contributed by atoms with van der Waals surface area (Å²) in [7, 11) is 1.60. The molecule has 1 aliphatic carbocycles. The molecule has 3 aromatic carbocycles. The Labute approximate surface area is 216 Å². The van der Waals surface area contributed by atoms with Crippen molar-refractivity contribution in [2.45, 2.75) is 45.1 Å². The predicted molar refractivity (Wildman–Crippen MR) is 138 cm³/mol. The molecule has 1 aliphatic heterocycles. The summed E-state index contributed by atoms with van der Waals surface area (Å²) in [5.41, 5.74) is 3.54. The molecule has 2 aliphatic rings. The average Bonchev–Trinajstić information content (AvgIpc) is 3.48. The van der Waals surface area contributed by atoms with Gasteiger partial charge in [-0.2, -0.15) is 0 Å². The van der Waals surface area contributed by atoms with Crippen molar-refractivity contribution in [2.24, 2.45) is 5.92 Å². The molecule has 3 aromatic rings. The van der Waals surface area contributed by atoms with Crippen LogP contribution in [0.4, 0.5) is 0 Å². The highest BCUT2D eigenvalue weighted by Crippen LogP contribution is 2.56. The molecular weight excluding hydrogens is 472 g/mol. The van der Waals surface area contributed by atoms with Gasteiger partial charge in [-0.3, -0.25) is 4.79 Å². The fourth-order valence-corrected chi connectivity index (χ4v) is 5.39. The summed E-state index contributed by atoms with van der Waals surface area (Å²) < 4.78 is 28.7. The van der Waals surface area contributed by atoms with Crippen LogP contribution in [0.15, 0.2) is 54.6 Å². The van der Waals surface area contributed by atoms with Crippen molar-refractivity contribution in [3.05, 3.63) is 76.9 Å². The summed E-state index contributed by atoms with van der Waals surface area (Å²) in [5, 5.41) is 10.7. The second-order valence-corrected chi connectivity index (χ2v) is 9.64. The summed E-state index contributed by atoms with van der Waals surface area (Å²) in [4.78, 5) is 13.0. The fourth-order valence-electron chi connectivity index (χ4n) is 5.39. The van der Waals surface area contributed by atoms with Crippen LogP contribution in [-0.2, 0) is 4.79 Å². The van der Waals surface area contributed by atoms with E-state index in [1.54, 1.807) is 7.11 Å². The molecule has 0 amide bonds. The largest absolute Gasteiger partial charge is 0.497 e. The number of carboxylic acid groups (broad SMARTS) is 1. The van der Waals surface area contributed by atoms with Crippen LogP contribution in [0.5, 0.6) is 28.7 Å². The van der Waals surface area contributed by atoms with E-state index in [0.717, 1.165) is 34.4 Å². The Kier molecular flexibility index (Phi) is 6.87. The van der Waals surface area contributed by atoms with Crippen molar-refractivity contribution in [3.63, 3.8) is 0 Å². The number of hydrogen-bond acceptors (Lipinski definition) is 6. The van der Waals surface area contributed by atoms with Gasteiger partial charge in [-0.15, -0.1) is 0 Å². The second-order valence-electron chi connectivity index (χ2n) is 9.64. The van der Waals surface area contributed by atoms with E-state index < -0.39 is 23.7 Å². The minimum absolute atomic E-state index is 0.0983. The van der Waals surface area contributed by atoms with Crippen LogP contribution in [0.25, 0.3) is 0 Å². The topological polar surface area (TPSA) is 83.5 Å². The smallest absolute Gasteiger partial charge is 0.308 e. The molecule has 7 heteroatoms. The first-order chi connectivity index (χ1) is 17.9. The van der Waals surface area contributed by atoms with Crippen LogP contribution in [0.1, 0.15) is 61.3 Å². The quantitative estimate of drug-likeness (QED) is 0.384. The van der Waals surface area contributed by atoms with Crippen LogP contribution in [0.3, 0.4) is 0 Å². The number of benzene rings is 3. The van der Waals surface area contributed by atoms with Gasteiger partial charge in [0.15, 0.2) is 11.5 Å². The van der Waals surface area contributed by atoms with Crippen molar-refractivity contribution in [3.8, 4) is 28.7 Å². The molecule has 0 aromatic heterocycles. The van der Waals surface area contributed by atoms with Crippen LogP contribution < -0.4 is 23.7 Å². The predicted octanol–water partition coefficient (Wildman–Crippen LogP) is 5.98. The molecule has 5 rings (SSSR count). The van der Waals surface area contributed by atoms with E-state index in [0.29, 0.717) is 29.6 Å². The van der Waals surface area contributed by atoms with Gasteiger partial charge in [-0.05, 0) is 67.3 Å². The fraction of sp³-hybridized carbons (Fsp3) is 0.367. The number of carboxylic acids is 1. The van der Waals surface area contributed by atoms with E-state index in [4.69, 9.17) is 23.7 Å². The third kappa shape index (κ3) is 4.66. The molecule has 0 saturated carbocycles. The van der Waals surface area contributed by atoms with Crippen molar-refractivity contribution in [1.82, 2.24) is 0 Å². The monoisotopic (exact) mass is 504 g/mol. The Morgan fingerprint density at radius 2 is 1.70 bits per heavy atom. The average molecular weight is 505 g/mol. The van der Waals surface area contributed by atoms with E-state index >= 15 is 0 Å². The maximum atomic E-state index is 13.0. The first-order valence-corrected chi connectivity index (χ1v) is 12.6. The zero-order valence-corrected chi connectivity index (χ0v) is 21.5. The van der Waals surface area contributed by atoms with Crippen LogP contribution in [0.2, 0.25) is 0 Å². The standard InChI is InChI=1S/C30H32O7/c1-5-12-34-20-8-9-21-23(14-20)28(22-10-7-19(33-4)15-25(22)37-17(2)3)29(30(31)32)27(21)18-6-11-24-26(13-18)36-16-35-24/h6-11,13-15,17,27-29H,5,12,16H2,1-4H3,(H,31,32). The third-order valence-corrected chi connectivity index (χ3v) is 6.88. The summed E-state index contributed by atoms with van der Waals surface area (Å²) in [6.07, 6.45) is 0.780. The maximum Gasteiger partial charge on any atom is 0.308 e. The number of aliphatic carboxylic acids is 1. The highest BCUT2D eigenvalue weighted by Gasteiger charge is 2.48. The minimum atomic E-state index is -0.883. The third-order valence-electron chi connectivity index (χ3n) is 6.88. The Balaban J connectivity index is 1.70. The molecule has 0 bridgehead atoms. The van der Waals surface area contributed by atoms with E-state index in [2.05, 4.69) is 6.92 Å². The number of ether oxygens (including phenoxy) is 5. The van der Waals surface area contributed by atoms with E-state index in [9.17, 15) is 9.90 Å². The van der Waals surface area contributed by atoms with Crippen molar-refractivity contribution in [2.75, 3.05) is 20.5 Å². The van der Waals surface area contributed by atoms with Gasteiger partial charge in [0.2, 0.25) is 6.79 Å². The lowest BCUT2D eigenvalue weighted by Gasteiger charge is -2.25. The lowest BCUT2D eigenvalue weighted by molar-refractivity contribution is -0.142. The zero-order valence-electron chi connectivity index (χ0n) is 21.5. The molecule has 194 valence electrons. The first-order valence-electron chi connectivity index (χ1n) is 12.6. The number of rotatable bonds is 9. The molecule has 1 heterocycles. The number of methoxy groups -OCH3 is 1. The Morgan fingerprint density at radius 1 is 0.946 bits per heavy atom. The van der Waals surface area contributed by atoms with Gasteiger partial charge in [0, 0.05) is 23.5 Å². The van der Waals surface area contributed by atoms with Crippen molar-refractivity contribution in [1.29, 1.82) is 0 Å². The van der Waals surface area contributed by atoms with Gasteiger partial charge >= 0.3 is 5.97 Å². The Hall–Kier alpha value is -3.87. The van der Waals surface area contributed by atoms with Gasteiger partial charge < -0.3 is 28.8 Å². The van der Waals surface area contributed by atoms with Gasteiger partial charge in [0.1, 0.15) is 17.2 Å². The minimum Gasteiger partial charge on any atom is -0.497 e. The van der Waals surface area contributed by atoms with Gasteiger partial charge in [0.25, 0.3) is 0 Å². The molecule has 37 heavy (non-hydrogen) atoms. The van der Waals surface area contributed by atoms with Gasteiger partial charge in [-0.25, -0.2) is 0 Å². The summed E-state index contributed by atoms with van der Waals surface area (Å²) in [5.74, 6) is 0.750. The molecule has 0 spiro atoms. The van der Waals surface area contributed by atoms with Crippen LogP contribution in [-0.4, -0.2) is 37.7 Å². The highest BCUT2D eigenvalue weighted by atomic mass is 16.7. The Bertz CT molecular complexity index is 1300. The number of carbonyl (C=O) groups is 1. The molecular formula is C30H32O7. The molecule has 0 fully saturated rings. The lowest BCUT2D eigenvalue weighted by atomic mass is 9.79. The first kappa shape index (κ1) is 24.8. The van der Waals surface area contributed by atoms with E-state index in [1.807, 2.05) is 68.4 Å². The van der Waals surface area contributed by atoms with E-state index in [1.165, 1.54) is 0 Å². The molecule has 0 radical (unpaired) electrons. The van der Waals surface area contributed by atoms with E-state index in [-0.39, 0.29) is 12.9 Å². The zero-order chi connectivity index (χ0) is 26.1. The molecule has 3 unspecified atom stereocenters. The lowest BCUT2D eigenvalue weighted by Crippen LogP contribution is -2.24. The second kappa shape index (κ2) is 10.2. The number of fused-ring (bicyclic) bond motifs is 2. The molecule has 1 N–H and O–H groups in total. The summed E-state index contributed by atoms with van der Waals surface area (Å²) >= 11 is 0. The SMILES string of the molecule is CCCOc1ccc2c(c1)C(c1ccc(OC)cc1OC(C)C)C(C(=O)O)C2c1ccc2c(c1)OCO2. The normalized spacial score (nSPS) is 19.5. The molecule has 7 nitrogen and oxygen atoms in total. The summed E-state index contributed by atoms with van der Waals surface area (Å²) in [6, 6.07) is 17.2. The van der Waals surface area contributed by atoms with Crippen LogP contribution >= 0.6 is 0 Å². The highest BCUT2D eigenvalue weighted by molar-refractivity contribution is 5.78. The van der Waals surface area contributed by atoms with Crippen molar-refractivity contribution >= 4 is 5.97 Å². The van der Waals surface area contributed by atoms with Crippen molar-refractivity contribution < 1.29 is 33.6 Å². The molecule has 0 saturated heterocycles. The summed E-state index contributed by atoms with van der Waals surface area (Å²) in [6.45, 7) is 6.70. The van der Waals surface area contributed by atoms with Gasteiger partial charge in [0.05, 0.1) is 25.7 Å².